The van der Waals surface area contributed by atoms with Crippen LogP contribution in [0.4, 0.5) is 11.4 Å². The van der Waals surface area contributed by atoms with Gasteiger partial charge in [0.05, 0.1) is 12.0 Å². The van der Waals surface area contributed by atoms with Crippen molar-refractivity contribution in [3.8, 4) is 5.75 Å². The lowest BCUT2D eigenvalue weighted by Crippen LogP contribution is -2.17. The first-order chi connectivity index (χ1) is 13.8. The van der Waals surface area contributed by atoms with Gasteiger partial charge in [0.1, 0.15) is 5.75 Å². The van der Waals surface area contributed by atoms with E-state index in [0.717, 1.165) is 5.56 Å². The first-order valence-electron chi connectivity index (χ1n) is 8.94. The number of hydrogen-bond acceptors (Lipinski definition) is 4. The van der Waals surface area contributed by atoms with Crippen LogP contribution in [0.3, 0.4) is 0 Å². The number of hydrogen-bond donors (Lipinski definition) is 2. The molecule has 0 bridgehead atoms. The van der Waals surface area contributed by atoms with Gasteiger partial charge in [-0.1, -0.05) is 23.8 Å². The van der Waals surface area contributed by atoms with Crippen molar-refractivity contribution in [3.05, 3.63) is 83.4 Å². The average molecular weight is 410 g/mol. The lowest BCUT2D eigenvalue weighted by molar-refractivity contribution is 0.102. The number of anilines is 2. The molecule has 1 amide bonds. The van der Waals surface area contributed by atoms with Crippen molar-refractivity contribution in [1.29, 1.82) is 0 Å². The summed E-state index contributed by atoms with van der Waals surface area (Å²) in [5.74, 6) is 0.287. The molecule has 0 aliphatic heterocycles. The molecular weight excluding hydrogens is 388 g/mol. The largest absolute Gasteiger partial charge is 0.497 e. The van der Waals surface area contributed by atoms with E-state index in [-0.39, 0.29) is 16.4 Å². The molecule has 7 heteroatoms. The summed E-state index contributed by atoms with van der Waals surface area (Å²) in [4.78, 5) is 12.7. The van der Waals surface area contributed by atoms with Crippen LogP contribution in [-0.4, -0.2) is 21.4 Å². The Morgan fingerprint density at radius 1 is 0.862 bits per heavy atom. The number of aryl methyl sites for hydroxylation is 2. The van der Waals surface area contributed by atoms with Crippen molar-refractivity contribution in [2.75, 3.05) is 17.1 Å². The lowest BCUT2D eigenvalue weighted by Gasteiger charge is -2.12. The summed E-state index contributed by atoms with van der Waals surface area (Å²) in [6, 6.07) is 18.4. The van der Waals surface area contributed by atoms with Crippen LogP contribution >= 0.6 is 0 Å². The minimum Gasteiger partial charge on any atom is -0.497 e. The zero-order valence-corrected chi connectivity index (χ0v) is 17.2. The van der Waals surface area contributed by atoms with Crippen LogP contribution in [0, 0.1) is 13.8 Å². The van der Waals surface area contributed by atoms with Gasteiger partial charge in [0.15, 0.2) is 0 Å². The maximum atomic E-state index is 12.7. The molecule has 3 aromatic rings. The number of nitrogens with one attached hydrogen (secondary N) is 2. The molecule has 0 aliphatic rings. The fourth-order valence-corrected chi connectivity index (χ4v) is 3.81. The summed E-state index contributed by atoms with van der Waals surface area (Å²) in [7, 11) is -2.26. The number of carbonyl (C=O) groups is 1. The van der Waals surface area contributed by atoms with Gasteiger partial charge in [-0.05, 0) is 67.9 Å². The van der Waals surface area contributed by atoms with E-state index in [4.69, 9.17) is 4.74 Å². The van der Waals surface area contributed by atoms with Crippen molar-refractivity contribution in [2.24, 2.45) is 0 Å². The van der Waals surface area contributed by atoms with Crippen LogP contribution in [0.25, 0.3) is 0 Å². The van der Waals surface area contributed by atoms with Gasteiger partial charge < -0.3 is 10.1 Å². The molecule has 2 N–H and O–H groups in total. The Bertz CT molecular complexity index is 1120. The minimum absolute atomic E-state index is 0.0172. The van der Waals surface area contributed by atoms with Crippen LogP contribution in [0.1, 0.15) is 21.5 Å². The average Bonchev–Trinajstić information content (AvgIpc) is 2.70. The van der Waals surface area contributed by atoms with E-state index in [2.05, 4.69) is 10.0 Å². The molecule has 29 heavy (non-hydrogen) atoms. The van der Waals surface area contributed by atoms with Crippen molar-refractivity contribution in [3.63, 3.8) is 0 Å². The zero-order chi connectivity index (χ0) is 21.0. The second-order valence-corrected chi connectivity index (χ2v) is 8.31. The molecule has 0 spiro atoms. The molecule has 0 atom stereocenters. The highest BCUT2D eigenvalue weighted by molar-refractivity contribution is 7.92. The van der Waals surface area contributed by atoms with E-state index < -0.39 is 10.0 Å². The van der Waals surface area contributed by atoms with Gasteiger partial charge in [-0.3, -0.25) is 9.52 Å². The predicted octanol–water partition coefficient (Wildman–Crippen LogP) is 4.37. The molecule has 0 fully saturated rings. The molecule has 0 unspecified atom stereocenters. The topological polar surface area (TPSA) is 84.5 Å². The molecular formula is C22H22N2O4S. The Hall–Kier alpha value is -3.32. The number of sulfonamides is 1. The van der Waals surface area contributed by atoms with Gasteiger partial charge >= 0.3 is 0 Å². The summed E-state index contributed by atoms with van der Waals surface area (Å²) >= 11 is 0. The Kier molecular flexibility index (Phi) is 5.89. The number of benzene rings is 3. The van der Waals surface area contributed by atoms with Gasteiger partial charge in [-0.25, -0.2) is 8.42 Å². The Balaban J connectivity index is 1.84. The van der Waals surface area contributed by atoms with Gasteiger partial charge in [0.25, 0.3) is 15.9 Å². The molecule has 0 radical (unpaired) electrons. The number of carbonyl (C=O) groups excluding carboxylic acids is 1. The van der Waals surface area contributed by atoms with E-state index in [1.165, 1.54) is 12.1 Å². The standard InChI is InChI=1S/C22H22N2O4S/c1-15-4-7-18(8-5-15)24-29(26,27)20-13-6-16(2)21(14-20)22(25)23-17-9-11-19(28-3)12-10-17/h4-14,24H,1-3H3,(H,23,25). The van der Waals surface area contributed by atoms with Crippen LogP contribution in [0.2, 0.25) is 0 Å². The van der Waals surface area contributed by atoms with Crippen molar-refractivity contribution < 1.29 is 17.9 Å². The van der Waals surface area contributed by atoms with E-state index in [1.807, 2.05) is 19.1 Å². The normalized spacial score (nSPS) is 11.0. The molecule has 0 heterocycles. The van der Waals surface area contributed by atoms with Crippen LogP contribution in [0.5, 0.6) is 5.75 Å². The predicted molar refractivity (Wildman–Crippen MR) is 114 cm³/mol. The SMILES string of the molecule is COc1ccc(NC(=O)c2cc(S(=O)(=O)Nc3ccc(C)cc3)ccc2C)cc1. The summed E-state index contributed by atoms with van der Waals surface area (Å²) in [5.41, 5.74) is 3.03. The number of ether oxygens (including phenoxy) is 1. The molecule has 3 aromatic carbocycles. The van der Waals surface area contributed by atoms with Gasteiger partial charge in [0, 0.05) is 16.9 Å². The second kappa shape index (κ2) is 8.36. The molecule has 3 rings (SSSR count). The summed E-state index contributed by atoms with van der Waals surface area (Å²) in [6.07, 6.45) is 0. The summed E-state index contributed by atoms with van der Waals surface area (Å²) in [6.45, 7) is 3.68. The molecule has 0 aliphatic carbocycles. The van der Waals surface area contributed by atoms with E-state index >= 15 is 0 Å². The first kappa shape index (κ1) is 20.4. The quantitative estimate of drug-likeness (QED) is 0.632. The third-order valence-electron chi connectivity index (χ3n) is 4.42. The number of rotatable bonds is 6. The fraction of sp³-hybridized carbons (Fsp3) is 0.136. The monoisotopic (exact) mass is 410 g/mol. The van der Waals surface area contributed by atoms with E-state index in [0.29, 0.717) is 22.7 Å². The van der Waals surface area contributed by atoms with E-state index in [9.17, 15) is 13.2 Å². The third-order valence-corrected chi connectivity index (χ3v) is 5.79. The lowest BCUT2D eigenvalue weighted by atomic mass is 10.1. The van der Waals surface area contributed by atoms with Crippen LogP contribution < -0.4 is 14.8 Å². The highest BCUT2D eigenvalue weighted by Gasteiger charge is 2.18. The number of methoxy groups -OCH3 is 1. The van der Waals surface area contributed by atoms with Crippen LogP contribution in [0.15, 0.2) is 71.6 Å². The molecule has 6 nitrogen and oxygen atoms in total. The number of amides is 1. The summed E-state index contributed by atoms with van der Waals surface area (Å²) < 4.78 is 33.1. The smallest absolute Gasteiger partial charge is 0.261 e. The first-order valence-corrected chi connectivity index (χ1v) is 10.4. The van der Waals surface area contributed by atoms with Gasteiger partial charge in [-0.15, -0.1) is 0 Å². The third kappa shape index (κ3) is 4.94. The highest BCUT2D eigenvalue weighted by Crippen LogP contribution is 2.21. The van der Waals surface area contributed by atoms with Crippen molar-refractivity contribution in [2.45, 2.75) is 18.7 Å². The Morgan fingerprint density at radius 3 is 2.10 bits per heavy atom. The molecule has 0 aromatic heterocycles. The fourth-order valence-electron chi connectivity index (χ4n) is 2.72. The molecule has 0 saturated carbocycles. The van der Waals surface area contributed by atoms with Gasteiger partial charge in [0.2, 0.25) is 0 Å². The zero-order valence-electron chi connectivity index (χ0n) is 16.4. The minimum atomic E-state index is -3.83. The Labute approximate surface area is 170 Å². The van der Waals surface area contributed by atoms with Crippen LogP contribution in [-0.2, 0) is 10.0 Å². The molecule has 150 valence electrons. The maximum Gasteiger partial charge on any atom is 0.261 e. The van der Waals surface area contributed by atoms with Gasteiger partial charge in [-0.2, -0.15) is 0 Å². The highest BCUT2D eigenvalue weighted by atomic mass is 32.2. The van der Waals surface area contributed by atoms with Crippen molar-refractivity contribution in [1.82, 2.24) is 0 Å². The Morgan fingerprint density at radius 2 is 1.48 bits per heavy atom. The van der Waals surface area contributed by atoms with Crippen molar-refractivity contribution >= 4 is 27.3 Å². The second-order valence-electron chi connectivity index (χ2n) is 6.63. The summed E-state index contributed by atoms with van der Waals surface area (Å²) in [5, 5.41) is 2.78. The van der Waals surface area contributed by atoms with E-state index in [1.54, 1.807) is 56.5 Å². The molecule has 0 saturated heterocycles. The maximum absolute atomic E-state index is 12.7.